The quantitative estimate of drug-likeness (QED) is 0.714. The first kappa shape index (κ1) is 19.1. The Kier molecular flexibility index (Phi) is 6.00. The van der Waals surface area contributed by atoms with Crippen LogP contribution in [0.1, 0.15) is 18.9 Å². The molecule has 4 rings (SSSR count). The molecule has 0 bridgehead atoms. The van der Waals surface area contributed by atoms with Crippen LogP contribution in [0.2, 0.25) is 0 Å². The van der Waals surface area contributed by atoms with Crippen LogP contribution in [0.3, 0.4) is 0 Å². The van der Waals surface area contributed by atoms with Crippen LogP contribution in [0.15, 0.2) is 54.6 Å². The van der Waals surface area contributed by atoms with Crippen molar-refractivity contribution in [1.29, 1.82) is 0 Å². The lowest BCUT2D eigenvalue weighted by Gasteiger charge is -2.26. The number of rotatable bonds is 5. The first-order valence-electron chi connectivity index (χ1n) is 9.86. The maximum Gasteiger partial charge on any atom is 0.243 e. The van der Waals surface area contributed by atoms with E-state index in [1.165, 1.54) is 16.9 Å². The fourth-order valence-corrected chi connectivity index (χ4v) is 4.55. The Hall–Kier alpha value is -2.28. The van der Waals surface area contributed by atoms with Gasteiger partial charge in [0.2, 0.25) is 5.91 Å². The lowest BCUT2D eigenvalue weighted by Crippen LogP contribution is -2.43. The summed E-state index contributed by atoms with van der Waals surface area (Å²) in [5, 5.41) is 3.69. The Morgan fingerprint density at radius 1 is 1.07 bits per heavy atom. The predicted octanol–water partition coefficient (Wildman–Crippen LogP) is 3.83. The van der Waals surface area contributed by atoms with Gasteiger partial charge in [-0.05, 0) is 37.6 Å². The van der Waals surface area contributed by atoms with Crippen molar-refractivity contribution < 1.29 is 4.79 Å². The van der Waals surface area contributed by atoms with Crippen molar-refractivity contribution in [3.8, 4) is 0 Å². The minimum atomic E-state index is -0.163. The van der Waals surface area contributed by atoms with Gasteiger partial charge in [-0.3, -0.25) is 14.6 Å². The third-order valence-corrected chi connectivity index (χ3v) is 6.28. The van der Waals surface area contributed by atoms with Crippen molar-refractivity contribution in [2.45, 2.75) is 25.9 Å². The number of amides is 1. The molecule has 3 aromatic rings. The minimum Gasteiger partial charge on any atom is -0.301 e. The number of anilines is 1. The van der Waals surface area contributed by atoms with E-state index in [1.54, 1.807) is 0 Å². The number of hydrogen-bond acceptors (Lipinski definition) is 5. The topological polar surface area (TPSA) is 48.5 Å². The van der Waals surface area contributed by atoms with E-state index in [2.05, 4.69) is 50.4 Å². The highest BCUT2D eigenvalue weighted by Crippen LogP contribution is 2.25. The third kappa shape index (κ3) is 4.58. The molecule has 1 N–H and O–H groups in total. The van der Waals surface area contributed by atoms with Crippen molar-refractivity contribution in [2.75, 3.05) is 31.5 Å². The van der Waals surface area contributed by atoms with Crippen molar-refractivity contribution in [3.63, 3.8) is 0 Å². The van der Waals surface area contributed by atoms with Gasteiger partial charge in [0.1, 0.15) is 0 Å². The number of thiazole rings is 1. The molecule has 2 heterocycles. The Morgan fingerprint density at radius 2 is 1.86 bits per heavy atom. The SMILES string of the molecule is CC(C(=O)Nc1nc2ccccc2s1)N1CCCN(Cc2ccccc2)CC1. The molecule has 1 aliphatic rings. The molecule has 146 valence electrons. The lowest BCUT2D eigenvalue weighted by molar-refractivity contribution is -0.120. The van der Waals surface area contributed by atoms with Crippen LogP contribution < -0.4 is 5.32 Å². The second-order valence-electron chi connectivity index (χ2n) is 7.30. The molecule has 5 nitrogen and oxygen atoms in total. The summed E-state index contributed by atoms with van der Waals surface area (Å²) in [4.78, 5) is 22.1. The van der Waals surface area contributed by atoms with Gasteiger partial charge in [0.05, 0.1) is 16.3 Å². The standard InChI is InChI=1S/C22H26N4OS/c1-17(21(27)24-22-23-19-10-5-6-11-20(19)28-22)26-13-7-12-25(14-15-26)16-18-8-3-2-4-9-18/h2-6,8-11,17H,7,12-16H2,1H3,(H,23,24,27). The van der Waals surface area contributed by atoms with Gasteiger partial charge in [-0.25, -0.2) is 4.98 Å². The number of carbonyl (C=O) groups is 1. The third-order valence-electron chi connectivity index (χ3n) is 5.32. The fourth-order valence-electron chi connectivity index (χ4n) is 3.68. The molecule has 2 aromatic carbocycles. The van der Waals surface area contributed by atoms with Crippen LogP contribution in [0, 0.1) is 0 Å². The van der Waals surface area contributed by atoms with E-state index in [9.17, 15) is 4.79 Å². The Labute approximate surface area is 170 Å². The van der Waals surface area contributed by atoms with Gasteiger partial charge in [0.15, 0.2) is 5.13 Å². The number of carbonyl (C=O) groups excluding carboxylic acids is 1. The van der Waals surface area contributed by atoms with Gasteiger partial charge in [-0.2, -0.15) is 0 Å². The first-order valence-corrected chi connectivity index (χ1v) is 10.7. The van der Waals surface area contributed by atoms with Crippen LogP contribution >= 0.6 is 11.3 Å². The second-order valence-corrected chi connectivity index (χ2v) is 8.33. The Balaban J connectivity index is 1.33. The van der Waals surface area contributed by atoms with E-state index in [4.69, 9.17) is 0 Å². The van der Waals surface area contributed by atoms with Crippen LogP contribution in [0.4, 0.5) is 5.13 Å². The number of hydrogen-bond donors (Lipinski definition) is 1. The van der Waals surface area contributed by atoms with Gasteiger partial charge in [0, 0.05) is 26.2 Å². The summed E-state index contributed by atoms with van der Waals surface area (Å²) in [6.45, 7) is 6.86. The van der Waals surface area contributed by atoms with E-state index >= 15 is 0 Å². The molecule has 1 aromatic heterocycles. The summed E-state index contributed by atoms with van der Waals surface area (Å²) in [7, 11) is 0. The predicted molar refractivity (Wildman–Crippen MR) is 116 cm³/mol. The number of para-hydroxylation sites is 1. The maximum atomic E-state index is 12.8. The normalized spacial score (nSPS) is 17.3. The van der Waals surface area contributed by atoms with Crippen molar-refractivity contribution in [2.24, 2.45) is 0 Å². The molecule has 1 saturated heterocycles. The van der Waals surface area contributed by atoms with Gasteiger partial charge in [-0.1, -0.05) is 53.8 Å². The van der Waals surface area contributed by atoms with Crippen LogP contribution in [-0.2, 0) is 11.3 Å². The summed E-state index contributed by atoms with van der Waals surface area (Å²) in [6, 6.07) is 18.4. The maximum absolute atomic E-state index is 12.8. The molecule has 6 heteroatoms. The zero-order valence-corrected chi connectivity index (χ0v) is 17.0. The average molecular weight is 395 g/mol. The molecular formula is C22H26N4OS. The van der Waals surface area contributed by atoms with E-state index in [-0.39, 0.29) is 11.9 Å². The highest BCUT2D eigenvalue weighted by Gasteiger charge is 2.24. The number of benzene rings is 2. The van der Waals surface area contributed by atoms with Crippen LogP contribution in [0.5, 0.6) is 0 Å². The summed E-state index contributed by atoms with van der Waals surface area (Å²) in [5.41, 5.74) is 2.28. The monoisotopic (exact) mass is 394 g/mol. The lowest BCUT2D eigenvalue weighted by atomic mass is 10.2. The molecule has 0 saturated carbocycles. The number of nitrogens with zero attached hydrogens (tertiary/aromatic N) is 3. The van der Waals surface area contributed by atoms with Gasteiger partial charge in [-0.15, -0.1) is 0 Å². The fraction of sp³-hybridized carbons (Fsp3) is 0.364. The highest BCUT2D eigenvalue weighted by molar-refractivity contribution is 7.22. The van der Waals surface area contributed by atoms with Crippen molar-refractivity contribution in [3.05, 3.63) is 60.2 Å². The molecule has 1 atom stereocenters. The van der Waals surface area contributed by atoms with Crippen LogP contribution in [0.25, 0.3) is 10.2 Å². The van der Waals surface area contributed by atoms with Gasteiger partial charge in [0.25, 0.3) is 0 Å². The molecular weight excluding hydrogens is 368 g/mol. The molecule has 0 radical (unpaired) electrons. The average Bonchev–Trinajstić information content (AvgIpc) is 2.98. The van der Waals surface area contributed by atoms with E-state index in [1.807, 2.05) is 31.2 Å². The number of fused-ring (bicyclic) bond motifs is 1. The number of aromatic nitrogens is 1. The van der Waals surface area contributed by atoms with Crippen LogP contribution in [-0.4, -0.2) is 52.9 Å². The molecule has 0 spiro atoms. The minimum absolute atomic E-state index is 0.0237. The van der Waals surface area contributed by atoms with E-state index in [0.717, 1.165) is 49.4 Å². The summed E-state index contributed by atoms with van der Waals surface area (Å²) < 4.78 is 1.09. The molecule has 0 aliphatic carbocycles. The molecule has 1 aliphatic heterocycles. The first-order chi connectivity index (χ1) is 13.7. The second kappa shape index (κ2) is 8.82. The highest BCUT2D eigenvalue weighted by atomic mass is 32.1. The molecule has 28 heavy (non-hydrogen) atoms. The number of nitrogens with one attached hydrogen (secondary N) is 1. The summed E-state index contributed by atoms with van der Waals surface area (Å²) in [5.74, 6) is 0.0237. The zero-order valence-electron chi connectivity index (χ0n) is 16.2. The molecule has 1 fully saturated rings. The van der Waals surface area contributed by atoms with Gasteiger partial charge >= 0.3 is 0 Å². The summed E-state index contributed by atoms with van der Waals surface area (Å²) >= 11 is 1.53. The van der Waals surface area contributed by atoms with Gasteiger partial charge < -0.3 is 5.32 Å². The molecule has 1 unspecified atom stereocenters. The molecule has 1 amide bonds. The van der Waals surface area contributed by atoms with Crippen molar-refractivity contribution in [1.82, 2.24) is 14.8 Å². The zero-order chi connectivity index (χ0) is 19.3. The van der Waals surface area contributed by atoms with Crippen molar-refractivity contribution >= 4 is 32.6 Å². The smallest absolute Gasteiger partial charge is 0.243 e. The Bertz CT molecular complexity index is 893. The van der Waals surface area contributed by atoms with E-state index in [0.29, 0.717) is 5.13 Å². The summed E-state index contributed by atoms with van der Waals surface area (Å²) in [6.07, 6.45) is 1.07. The Morgan fingerprint density at radius 3 is 2.68 bits per heavy atom. The van der Waals surface area contributed by atoms with E-state index < -0.39 is 0 Å². The largest absolute Gasteiger partial charge is 0.301 e.